The fraction of sp³-hybridized carbons (Fsp3) is 0.500. The molecule has 0 saturated carbocycles. The van der Waals surface area contributed by atoms with Gasteiger partial charge in [0.2, 0.25) is 0 Å². The highest BCUT2D eigenvalue weighted by Gasteiger charge is 2.07. The molecule has 0 saturated heterocycles. The highest BCUT2D eigenvalue weighted by molar-refractivity contribution is 7.10. The highest BCUT2D eigenvalue weighted by Crippen LogP contribution is 2.18. The van der Waals surface area contributed by atoms with Crippen LogP contribution in [0, 0.1) is 0 Å². The third-order valence-corrected chi connectivity index (χ3v) is 2.62. The van der Waals surface area contributed by atoms with Gasteiger partial charge >= 0.3 is 0 Å². The number of quaternary nitrogens is 1. The molecule has 0 spiro atoms. The van der Waals surface area contributed by atoms with Crippen molar-refractivity contribution in [2.45, 2.75) is 25.8 Å². The maximum Gasteiger partial charge on any atom is 0.119 e. The van der Waals surface area contributed by atoms with Gasteiger partial charge < -0.3 is 5.73 Å². The van der Waals surface area contributed by atoms with Gasteiger partial charge in [-0.05, 0) is 11.4 Å². The van der Waals surface area contributed by atoms with E-state index in [4.69, 9.17) is 0 Å². The molecular formula is C8H14NS+. The predicted molar refractivity (Wildman–Crippen MR) is 44.9 cm³/mol. The van der Waals surface area contributed by atoms with Gasteiger partial charge in [0, 0.05) is 6.42 Å². The van der Waals surface area contributed by atoms with Crippen molar-refractivity contribution >= 4 is 11.3 Å². The zero-order valence-corrected chi connectivity index (χ0v) is 7.16. The van der Waals surface area contributed by atoms with Crippen LogP contribution >= 0.6 is 11.3 Å². The Labute approximate surface area is 65.9 Å². The van der Waals surface area contributed by atoms with E-state index >= 15 is 0 Å². The Bertz CT molecular complexity index is 169. The van der Waals surface area contributed by atoms with Crippen molar-refractivity contribution in [3.63, 3.8) is 0 Å². The van der Waals surface area contributed by atoms with Gasteiger partial charge in [-0.25, -0.2) is 0 Å². The van der Waals surface area contributed by atoms with Gasteiger partial charge in [-0.3, -0.25) is 0 Å². The molecule has 0 amide bonds. The summed E-state index contributed by atoms with van der Waals surface area (Å²) in [5.41, 5.74) is 4.08. The monoisotopic (exact) mass is 156 g/mol. The van der Waals surface area contributed by atoms with Gasteiger partial charge in [-0.15, -0.1) is 11.3 Å². The van der Waals surface area contributed by atoms with E-state index in [1.54, 1.807) is 0 Å². The largest absolute Gasteiger partial charge is 0.351 e. The summed E-state index contributed by atoms with van der Waals surface area (Å²) in [6.07, 6.45) is 2.44. The predicted octanol–water partition coefficient (Wildman–Crippen LogP) is 1.83. The van der Waals surface area contributed by atoms with Crippen LogP contribution < -0.4 is 5.73 Å². The van der Waals surface area contributed by atoms with E-state index < -0.39 is 0 Å². The fourth-order valence-corrected chi connectivity index (χ4v) is 1.80. The Hall–Kier alpha value is -0.340. The molecule has 0 radical (unpaired) electrons. The first-order valence-electron chi connectivity index (χ1n) is 3.71. The van der Waals surface area contributed by atoms with Crippen LogP contribution in [0.25, 0.3) is 0 Å². The van der Waals surface area contributed by atoms with Crippen LogP contribution in [0.2, 0.25) is 0 Å². The maximum atomic E-state index is 4.08. The molecule has 1 aromatic heterocycles. The molecule has 1 nitrogen and oxygen atoms in total. The lowest BCUT2D eigenvalue weighted by Gasteiger charge is -2.01. The second-order valence-corrected chi connectivity index (χ2v) is 3.48. The molecule has 0 bridgehead atoms. The lowest BCUT2D eigenvalue weighted by molar-refractivity contribution is -0.427. The average molecular weight is 156 g/mol. The molecule has 1 heterocycles. The standard InChI is InChI=1S/C8H13NS/c1-2-4-7(9)8-5-3-6-10-8/h3,5-7H,2,4,9H2,1H3/p+1/t7-/m1/s1. The first-order chi connectivity index (χ1) is 4.84. The Kier molecular flexibility index (Phi) is 2.90. The minimum Gasteiger partial charge on any atom is -0.351 e. The zero-order valence-electron chi connectivity index (χ0n) is 6.34. The first-order valence-corrected chi connectivity index (χ1v) is 4.59. The van der Waals surface area contributed by atoms with Gasteiger partial charge in [0.15, 0.2) is 0 Å². The quantitative estimate of drug-likeness (QED) is 0.691. The van der Waals surface area contributed by atoms with Crippen molar-refractivity contribution in [3.05, 3.63) is 22.4 Å². The summed E-state index contributed by atoms with van der Waals surface area (Å²) in [5.74, 6) is 0. The molecule has 0 unspecified atom stereocenters. The number of hydrogen-bond donors (Lipinski definition) is 1. The molecule has 0 aliphatic heterocycles. The van der Waals surface area contributed by atoms with E-state index in [1.165, 1.54) is 17.7 Å². The summed E-state index contributed by atoms with van der Waals surface area (Å²) < 4.78 is 0. The van der Waals surface area contributed by atoms with Gasteiger partial charge in [-0.2, -0.15) is 0 Å². The average Bonchev–Trinajstić information content (AvgIpc) is 2.38. The number of hydrogen-bond acceptors (Lipinski definition) is 1. The molecule has 56 valence electrons. The number of thiophene rings is 1. The summed E-state index contributed by atoms with van der Waals surface area (Å²) in [6.45, 7) is 2.20. The van der Waals surface area contributed by atoms with Crippen molar-refractivity contribution in [2.24, 2.45) is 0 Å². The number of rotatable bonds is 3. The van der Waals surface area contributed by atoms with E-state index in [1.807, 2.05) is 11.3 Å². The molecule has 1 atom stereocenters. The normalized spacial score (nSPS) is 13.4. The van der Waals surface area contributed by atoms with Gasteiger partial charge in [0.1, 0.15) is 6.04 Å². The summed E-state index contributed by atoms with van der Waals surface area (Å²) in [5, 5.41) is 2.11. The van der Waals surface area contributed by atoms with E-state index in [9.17, 15) is 0 Å². The topological polar surface area (TPSA) is 27.6 Å². The van der Waals surface area contributed by atoms with Crippen molar-refractivity contribution in [3.8, 4) is 0 Å². The van der Waals surface area contributed by atoms with E-state index in [0.717, 1.165) is 0 Å². The molecule has 0 aliphatic carbocycles. The minimum atomic E-state index is 0.519. The van der Waals surface area contributed by atoms with E-state index in [0.29, 0.717) is 6.04 Å². The Morgan fingerprint density at radius 3 is 3.00 bits per heavy atom. The molecule has 0 aromatic carbocycles. The van der Waals surface area contributed by atoms with Crippen LogP contribution in [-0.2, 0) is 0 Å². The third-order valence-electron chi connectivity index (χ3n) is 1.58. The first kappa shape index (κ1) is 7.76. The lowest BCUT2D eigenvalue weighted by Crippen LogP contribution is -2.53. The van der Waals surface area contributed by atoms with E-state index in [-0.39, 0.29) is 0 Å². The maximum absolute atomic E-state index is 4.08. The Morgan fingerprint density at radius 2 is 2.50 bits per heavy atom. The van der Waals surface area contributed by atoms with Crippen molar-refractivity contribution in [2.75, 3.05) is 0 Å². The second-order valence-electron chi connectivity index (χ2n) is 2.50. The Morgan fingerprint density at radius 1 is 1.70 bits per heavy atom. The highest BCUT2D eigenvalue weighted by atomic mass is 32.1. The van der Waals surface area contributed by atoms with Crippen LogP contribution in [0.15, 0.2) is 17.5 Å². The molecule has 2 heteroatoms. The van der Waals surface area contributed by atoms with Crippen molar-refractivity contribution < 1.29 is 5.73 Å². The molecule has 1 aromatic rings. The van der Waals surface area contributed by atoms with Gasteiger partial charge in [0.25, 0.3) is 0 Å². The van der Waals surface area contributed by atoms with Crippen molar-refractivity contribution in [1.82, 2.24) is 0 Å². The molecule has 1 rings (SSSR count). The second kappa shape index (κ2) is 3.74. The van der Waals surface area contributed by atoms with E-state index in [2.05, 4.69) is 30.2 Å². The summed E-state index contributed by atoms with van der Waals surface area (Å²) in [4.78, 5) is 1.42. The SMILES string of the molecule is CCC[C@@H]([NH3+])c1cccs1. The third kappa shape index (κ3) is 1.82. The molecule has 0 fully saturated rings. The fourth-order valence-electron chi connectivity index (χ4n) is 1.01. The lowest BCUT2D eigenvalue weighted by atomic mass is 10.1. The molecule has 3 N–H and O–H groups in total. The van der Waals surface area contributed by atoms with Crippen LogP contribution in [0.5, 0.6) is 0 Å². The van der Waals surface area contributed by atoms with Crippen LogP contribution in [0.3, 0.4) is 0 Å². The minimum absolute atomic E-state index is 0.519. The van der Waals surface area contributed by atoms with Crippen LogP contribution in [0.1, 0.15) is 30.7 Å². The van der Waals surface area contributed by atoms with Crippen LogP contribution in [-0.4, -0.2) is 0 Å². The summed E-state index contributed by atoms with van der Waals surface area (Å²) in [6, 6.07) is 4.77. The summed E-state index contributed by atoms with van der Waals surface area (Å²) >= 11 is 1.81. The Balaban J connectivity index is 2.50. The molecule has 10 heavy (non-hydrogen) atoms. The molecular weight excluding hydrogens is 142 g/mol. The van der Waals surface area contributed by atoms with Crippen molar-refractivity contribution in [1.29, 1.82) is 0 Å². The van der Waals surface area contributed by atoms with Gasteiger partial charge in [0.05, 0.1) is 4.88 Å². The smallest absolute Gasteiger partial charge is 0.119 e. The van der Waals surface area contributed by atoms with Crippen LogP contribution in [0.4, 0.5) is 0 Å². The van der Waals surface area contributed by atoms with Gasteiger partial charge in [-0.1, -0.05) is 19.4 Å². The summed E-state index contributed by atoms with van der Waals surface area (Å²) in [7, 11) is 0. The molecule has 0 aliphatic rings. The zero-order chi connectivity index (χ0) is 7.40.